The second-order valence-electron chi connectivity index (χ2n) is 8.40. The molecule has 0 unspecified atom stereocenters. The van der Waals surface area contributed by atoms with E-state index >= 15 is 0 Å². The van der Waals surface area contributed by atoms with Crippen LogP contribution in [0, 0.1) is 5.92 Å². The van der Waals surface area contributed by atoms with Crippen LogP contribution in [0.3, 0.4) is 0 Å². The van der Waals surface area contributed by atoms with Gasteiger partial charge in [-0.25, -0.2) is 4.98 Å². The van der Waals surface area contributed by atoms with Crippen LogP contribution < -0.4 is 10.2 Å². The first-order valence-corrected chi connectivity index (χ1v) is 12.0. The van der Waals surface area contributed by atoms with Gasteiger partial charge in [-0.05, 0) is 68.7 Å². The SMILES string of the molecule is CCCSc1nc(N2CCC[C@@H](CC(=O)O)C2)ccc1C(=O)N[C@H]1CC[C@H](O)CC1. The molecule has 0 radical (unpaired) electrons. The number of rotatable bonds is 8. The first kappa shape index (κ1) is 22.9. The number of anilines is 1. The number of aliphatic hydroxyl groups excluding tert-OH is 1. The number of nitrogens with zero attached hydrogens (tertiary/aromatic N) is 2. The van der Waals surface area contributed by atoms with Gasteiger partial charge in [-0.3, -0.25) is 9.59 Å². The van der Waals surface area contributed by atoms with Gasteiger partial charge in [-0.15, -0.1) is 11.8 Å². The van der Waals surface area contributed by atoms with E-state index < -0.39 is 5.97 Å². The molecule has 1 saturated heterocycles. The smallest absolute Gasteiger partial charge is 0.303 e. The maximum Gasteiger partial charge on any atom is 0.303 e. The van der Waals surface area contributed by atoms with Gasteiger partial charge in [0.25, 0.3) is 5.91 Å². The van der Waals surface area contributed by atoms with Crippen LogP contribution in [0.25, 0.3) is 0 Å². The lowest BCUT2D eigenvalue weighted by atomic mass is 9.93. The number of carbonyl (C=O) groups excluding carboxylic acids is 1. The number of aromatic nitrogens is 1. The van der Waals surface area contributed by atoms with E-state index in [1.165, 1.54) is 0 Å². The summed E-state index contributed by atoms with van der Waals surface area (Å²) in [6.45, 7) is 3.65. The number of hydrogen-bond acceptors (Lipinski definition) is 6. The summed E-state index contributed by atoms with van der Waals surface area (Å²) in [5.74, 6) is 0.983. The number of aliphatic hydroxyl groups is 1. The predicted octanol–water partition coefficient (Wildman–Crippen LogP) is 3.31. The third-order valence-electron chi connectivity index (χ3n) is 5.87. The second-order valence-corrected chi connectivity index (χ2v) is 9.49. The zero-order valence-corrected chi connectivity index (χ0v) is 18.5. The minimum Gasteiger partial charge on any atom is -0.481 e. The lowest BCUT2D eigenvalue weighted by molar-refractivity contribution is -0.138. The maximum absolute atomic E-state index is 12.9. The molecule has 1 saturated carbocycles. The first-order valence-electron chi connectivity index (χ1n) is 11.1. The molecule has 3 N–H and O–H groups in total. The van der Waals surface area contributed by atoms with Crippen LogP contribution in [0.1, 0.15) is 68.6 Å². The summed E-state index contributed by atoms with van der Waals surface area (Å²) < 4.78 is 0. The molecule has 1 atom stereocenters. The van der Waals surface area contributed by atoms with Crippen molar-refractivity contribution in [3.05, 3.63) is 17.7 Å². The number of carboxylic acids is 1. The van der Waals surface area contributed by atoms with Crippen molar-refractivity contribution in [1.82, 2.24) is 10.3 Å². The van der Waals surface area contributed by atoms with Crippen LogP contribution in [0.15, 0.2) is 17.2 Å². The Labute approximate surface area is 182 Å². The van der Waals surface area contributed by atoms with Crippen molar-refractivity contribution < 1.29 is 19.8 Å². The van der Waals surface area contributed by atoms with Crippen molar-refractivity contribution in [2.75, 3.05) is 23.7 Å². The standard InChI is InChI=1S/C22H33N3O4S/c1-2-12-30-22-18(21(29)23-16-5-7-17(26)8-6-16)9-10-19(24-22)25-11-3-4-15(14-25)13-20(27)28/h9-10,15-17,26H,2-8,11-14H2,1H3,(H,23,29)(H,27,28)/t15-,16-,17-/m0/s1. The summed E-state index contributed by atoms with van der Waals surface area (Å²) in [5, 5.41) is 22.6. The van der Waals surface area contributed by atoms with E-state index in [4.69, 9.17) is 10.1 Å². The fourth-order valence-corrected chi connectivity index (χ4v) is 5.13. The number of carboxylic acid groups (broad SMARTS) is 1. The number of aliphatic carboxylic acids is 1. The Bertz CT molecular complexity index is 737. The van der Waals surface area contributed by atoms with Crippen molar-refractivity contribution in [3.63, 3.8) is 0 Å². The van der Waals surface area contributed by atoms with Crippen molar-refractivity contribution in [1.29, 1.82) is 0 Å². The molecule has 0 bridgehead atoms. The van der Waals surface area contributed by atoms with E-state index in [1.54, 1.807) is 11.8 Å². The number of thioether (sulfide) groups is 1. The first-order chi connectivity index (χ1) is 14.5. The molecule has 0 aromatic carbocycles. The number of amides is 1. The summed E-state index contributed by atoms with van der Waals surface area (Å²) in [7, 11) is 0. The lowest BCUT2D eigenvalue weighted by Crippen LogP contribution is -2.39. The van der Waals surface area contributed by atoms with Crippen LogP contribution in [-0.4, -0.2) is 58.1 Å². The molecular formula is C22H33N3O4S. The summed E-state index contributed by atoms with van der Waals surface area (Å²) in [4.78, 5) is 31.0. The summed E-state index contributed by atoms with van der Waals surface area (Å²) >= 11 is 1.59. The number of piperidine rings is 1. The van der Waals surface area contributed by atoms with Crippen LogP contribution >= 0.6 is 11.8 Å². The molecule has 3 rings (SSSR count). The van der Waals surface area contributed by atoms with Crippen LogP contribution in [0.2, 0.25) is 0 Å². The van der Waals surface area contributed by atoms with E-state index in [0.717, 1.165) is 68.1 Å². The highest BCUT2D eigenvalue weighted by Gasteiger charge is 2.26. The molecule has 7 nitrogen and oxygen atoms in total. The molecule has 2 heterocycles. The van der Waals surface area contributed by atoms with Crippen LogP contribution in [-0.2, 0) is 4.79 Å². The molecule has 1 aromatic heterocycles. The van der Waals surface area contributed by atoms with Gasteiger partial charge in [0.05, 0.1) is 11.7 Å². The van der Waals surface area contributed by atoms with E-state index in [0.29, 0.717) is 12.1 Å². The van der Waals surface area contributed by atoms with Crippen molar-refractivity contribution in [3.8, 4) is 0 Å². The predicted molar refractivity (Wildman–Crippen MR) is 118 cm³/mol. The molecule has 1 aliphatic carbocycles. The number of carbonyl (C=O) groups is 2. The van der Waals surface area contributed by atoms with E-state index in [-0.39, 0.29) is 30.4 Å². The topological polar surface area (TPSA) is 103 Å². The van der Waals surface area contributed by atoms with Gasteiger partial charge in [0.2, 0.25) is 0 Å². The van der Waals surface area contributed by atoms with Gasteiger partial charge in [0.15, 0.2) is 0 Å². The fraction of sp³-hybridized carbons (Fsp3) is 0.682. The molecular weight excluding hydrogens is 402 g/mol. The molecule has 0 spiro atoms. The van der Waals surface area contributed by atoms with E-state index in [2.05, 4.69) is 17.1 Å². The average Bonchev–Trinajstić information content (AvgIpc) is 2.73. The Balaban J connectivity index is 1.72. The highest BCUT2D eigenvalue weighted by atomic mass is 32.2. The van der Waals surface area contributed by atoms with Crippen molar-refractivity contribution in [2.24, 2.45) is 5.92 Å². The van der Waals surface area contributed by atoms with Gasteiger partial charge in [-0.2, -0.15) is 0 Å². The molecule has 1 aromatic rings. The quantitative estimate of drug-likeness (QED) is 0.538. The highest BCUT2D eigenvalue weighted by Crippen LogP contribution is 2.29. The van der Waals surface area contributed by atoms with E-state index in [9.17, 15) is 14.7 Å². The third-order valence-corrected chi connectivity index (χ3v) is 7.07. The molecule has 30 heavy (non-hydrogen) atoms. The summed E-state index contributed by atoms with van der Waals surface area (Å²) in [6, 6.07) is 3.84. The Morgan fingerprint density at radius 1 is 1.23 bits per heavy atom. The van der Waals surface area contributed by atoms with Gasteiger partial charge in [-0.1, -0.05) is 6.92 Å². The van der Waals surface area contributed by atoms with Gasteiger partial charge in [0.1, 0.15) is 10.8 Å². The second kappa shape index (κ2) is 11.0. The Morgan fingerprint density at radius 3 is 2.70 bits per heavy atom. The van der Waals surface area contributed by atoms with Gasteiger partial charge < -0.3 is 20.4 Å². The largest absolute Gasteiger partial charge is 0.481 e. The lowest BCUT2D eigenvalue weighted by Gasteiger charge is -2.33. The Kier molecular flexibility index (Phi) is 8.39. The van der Waals surface area contributed by atoms with Gasteiger partial charge >= 0.3 is 5.97 Å². The zero-order chi connectivity index (χ0) is 21.5. The monoisotopic (exact) mass is 435 g/mol. The maximum atomic E-state index is 12.9. The number of pyridine rings is 1. The third kappa shape index (κ3) is 6.35. The summed E-state index contributed by atoms with van der Waals surface area (Å²) in [6.07, 6.45) is 5.86. The fourth-order valence-electron chi connectivity index (χ4n) is 4.26. The van der Waals surface area contributed by atoms with Crippen LogP contribution in [0.4, 0.5) is 5.82 Å². The highest BCUT2D eigenvalue weighted by molar-refractivity contribution is 7.99. The van der Waals surface area contributed by atoms with Gasteiger partial charge in [0, 0.05) is 25.6 Å². The molecule has 2 aliphatic rings. The molecule has 166 valence electrons. The average molecular weight is 436 g/mol. The van der Waals surface area contributed by atoms with Crippen molar-refractivity contribution >= 4 is 29.5 Å². The van der Waals surface area contributed by atoms with E-state index in [1.807, 2.05) is 12.1 Å². The van der Waals surface area contributed by atoms with Crippen molar-refractivity contribution in [2.45, 2.75) is 75.5 Å². The minimum absolute atomic E-state index is 0.100. The number of hydrogen-bond donors (Lipinski definition) is 3. The molecule has 1 aliphatic heterocycles. The Hall–Kier alpha value is -1.80. The summed E-state index contributed by atoms with van der Waals surface area (Å²) in [5.41, 5.74) is 0.599. The molecule has 8 heteroatoms. The minimum atomic E-state index is -0.753. The molecule has 1 amide bonds. The normalized spacial score (nSPS) is 24.5. The molecule has 2 fully saturated rings. The Morgan fingerprint density at radius 2 is 2.00 bits per heavy atom. The number of nitrogens with one attached hydrogen (secondary N) is 1. The zero-order valence-electron chi connectivity index (χ0n) is 17.7. The van der Waals surface area contributed by atoms with Crippen LogP contribution in [0.5, 0.6) is 0 Å².